The van der Waals surface area contributed by atoms with Crippen molar-refractivity contribution in [3.8, 4) is 0 Å². The van der Waals surface area contributed by atoms with Crippen LogP contribution < -0.4 is 5.32 Å². The number of methoxy groups -OCH3 is 1. The Bertz CT molecular complexity index is 365. The van der Waals surface area contributed by atoms with Crippen LogP contribution in [0.2, 0.25) is 0 Å². The van der Waals surface area contributed by atoms with Gasteiger partial charge in [-0.15, -0.1) is 0 Å². The first kappa shape index (κ1) is 15.5. The Morgan fingerprint density at radius 1 is 1.25 bits per heavy atom. The van der Waals surface area contributed by atoms with Gasteiger partial charge in [-0.3, -0.25) is 4.90 Å². The van der Waals surface area contributed by atoms with Gasteiger partial charge in [-0.1, -0.05) is 37.3 Å². The van der Waals surface area contributed by atoms with Gasteiger partial charge in [-0.2, -0.15) is 0 Å². The van der Waals surface area contributed by atoms with Crippen molar-refractivity contribution >= 4 is 0 Å². The quantitative estimate of drug-likeness (QED) is 0.711. The number of nitrogens with one attached hydrogen (secondary N) is 1. The highest BCUT2D eigenvalue weighted by Gasteiger charge is 2.28. The lowest BCUT2D eigenvalue weighted by Gasteiger charge is -2.25. The summed E-state index contributed by atoms with van der Waals surface area (Å²) in [5.41, 5.74) is 1.40. The molecular weight excluding hydrogens is 248 g/mol. The molecule has 1 aromatic rings. The second-order valence-corrected chi connectivity index (χ2v) is 5.57. The molecule has 1 saturated carbocycles. The highest BCUT2D eigenvalue weighted by molar-refractivity contribution is 5.18. The number of hydrogen-bond donors (Lipinski definition) is 1. The number of nitrogens with zero attached hydrogens (tertiary/aromatic N) is 1. The van der Waals surface area contributed by atoms with E-state index in [1.807, 2.05) is 0 Å². The minimum Gasteiger partial charge on any atom is -0.383 e. The van der Waals surface area contributed by atoms with Crippen LogP contribution in [0.3, 0.4) is 0 Å². The van der Waals surface area contributed by atoms with Crippen molar-refractivity contribution in [2.75, 3.05) is 33.4 Å². The largest absolute Gasteiger partial charge is 0.383 e. The molecule has 0 amide bonds. The van der Waals surface area contributed by atoms with Gasteiger partial charge in [0.25, 0.3) is 0 Å². The second kappa shape index (κ2) is 8.40. The minimum absolute atomic E-state index is 0.463. The van der Waals surface area contributed by atoms with Crippen molar-refractivity contribution in [2.45, 2.75) is 38.3 Å². The maximum Gasteiger partial charge on any atom is 0.0589 e. The first-order valence-electron chi connectivity index (χ1n) is 7.86. The molecular formula is C17H28N2O. The maximum absolute atomic E-state index is 5.23. The average Bonchev–Trinajstić information content (AvgIpc) is 3.32. The minimum atomic E-state index is 0.463. The molecule has 0 saturated heterocycles. The number of ether oxygens (including phenoxy) is 1. The molecule has 0 heterocycles. The van der Waals surface area contributed by atoms with Gasteiger partial charge in [-0.05, 0) is 31.4 Å². The number of rotatable bonds is 10. The summed E-state index contributed by atoms with van der Waals surface area (Å²) in [5, 5.41) is 3.61. The molecule has 1 fully saturated rings. The molecule has 3 nitrogen and oxygen atoms in total. The number of hydrogen-bond acceptors (Lipinski definition) is 3. The van der Waals surface area contributed by atoms with E-state index in [9.17, 15) is 0 Å². The lowest BCUT2D eigenvalue weighted by molar-refractivity contribution is 0.140. The van der Waals surface area contributed by atoms with E-state index in [4.69, 9.17) is 4.74 Å². The number of benzene rings is 1. The van der Waals surface area contributed by atoms with Crippen molar-refractivity contribution in [1.29, 1.82) is 0 Å². The normalized spacial score (nSPS) is 16.6. The molecule has 0 radical (unpaired) electrons. The zero-order chi connectivity index (χ0) is 14.2. The Labute approximate surface area is 123 Å². The van der Waals surface area contributed by atoms with Gasteiger partial charge in [0.05, 0.1) is 6.61 Å². The molecule has 2 rings (SSSR count). The van der Waals surface area contributed by atoms with Crippen LogP contribution in [0.25, 0.3) is 0 Å². The summed E-state index contributed by atoms with van der Waals surface area (Å²) in [5.74, 6) is 0. The van der Waals surface area contributed by atoms with Crippen LogP contribution >= 0.6 is 0 Å². The summed E-state index contributed by atoms with van der Waals surface area (Å²) < 4.78 is 5.23. The zero-order valence-corrected chi connectivity index (χ0v) is 12.8. The molecule has 3 heteroatoms. The Kier molecular flexibility index (Phi) is 6.51. The lowest BCUT2D eigenvalue weighted by Crippen LogP contribution is -2.33. The van der Waals surface area contributed by atoms with Crippen molar-refractivity contribution in [2.24, 2.45) is 0 Å². The van der Waals surface area contributed by atoms with E-state index >= 15 is 0 Å². The van der Waals surface area contributed by atoms with Gasteiger partial charge in [0.2, 0.25) is 0 Å². The summed E-state index contributed by atoms with van der Waals surface area (Å²) >= 11 is 0. The molecule has 0 aromatic heterocycles. The Balaban J connectivity index is 1.87. The van der Waals surface area contributed by atoms with Crippen molar-refractivity contribution in [1.82, 2.24) is 10.2 Å². The fourth-order valence-electron chi connectivity index (χ4n) is 2.74. The van der Waals surface area contributed by atoms with Crippen LogP contribution in [0.4, 0.5) is 0 Å². The highest BCUT2D eigenvalue weighted by Crippen LogP contribution is 2.28. The molecule has 1 atom stereocenters. The monoisotopic (exact) mass is 276 g/mol. The SMILES string of the molecule is CCNC(CCN(CCOC)C1CC1)c1ccccc1. The summed E-state index contributed by atoms with van der Waals surface area (Å²) in [6, 6.07) is 12.1. The predicted octanol–water partition coefficient (Wildman–Crippen LogP) is 2.84. The van der Waals surface area contributed by atoms with Crippen LogP contribution in [0, 0.1) is 0 Å². The Hall–Kier alpha value is -0.900. The fraction of sp³-hybridized carbons (Fsp3) is 0.647. The first-order chi connectivity index (χ1) is 9.85. The van der Waals surface area contributed by atoms with Crippen LogP contribution in [-0.2, 0) is 4.74 Å². The standard InChI is InChI=1S/C17H28N2O/c1-3-18-17(15-7-5-4-6-8-15)11-12-19(13-14-20-2)16-9-10-16/h4-8,16-18H,3,9-14H2,1-2H3. The molecule has 1 unspecified atom stereocenters. The lowest BCUT2D eigenvalue weighted by atomic mass is 10.0. The van der Waals surface area contributed by atoms with Gasteiger partial charge in [0.1, 0.15) is 0 Å². The van der Waals surface area contributed by atoms with E-state index in [1.54, 1.807) is 7.11 Å². The highest BCUT2D eigenvalue weighted by atomic mass is 16.5. The third-order valence-corrected chi connectivity index (χ3v) is 4.00. The third kappa shape index (κ3) is 4.89. The third-order valence-electron chi connectivity index (χ3n) is 4.00. The predicted molar refractivity (Wildman–Crippen MR) is 83.9 cm³/mol. The first-order valence-corrected chi connectivity index (χ1v) is 7.86. The molecule has 1 aromatic carbocycles. The van der Waals surface area contributed by atoms with E-state index in [0.717, 1.165) is 38.7 Å². The molecule has 1 aliphatic carbocycles. The van der Waals surface area contributed by atoms with Gasteiger partial charge in [0, 0.05) is 32.3 Å². The van der Waals surface area contributed by atoms with Crippen molar-refractivity contribution < 1.29 is 4.74 Å². The molecule has 1 N–H and O–H groups in total. The molecule has 112 valence electrons. The summed E-state index contributed by atoms with van der Waals surface area (Å²) in [7, 11) is 1.79. The average molecular weight is 276 g/mol. The molecule has 0 spiro atoms. The molecule has 0 aliphatic heterocycles. The fourth-order valence-corrected chi connectivity index (χ4v) is 2.74. The van der Waals surface area contributed by atoms with Crippen LogP contribution in [0.5, 0.6) is 0 Å². The van der Waals surface area contributed by atoms with Gasteiger partial charge in [-0.25, -0.2) is 0 Å². The van der Waals surface area contributed by atoms with Gasteiger partial charge >= 0.3 is 0 Å². The zero-order valence-electron chi connectivity index (χ0n) is 12.8. The van der Waals surface area contributed by atoms with Crippen LogP contribution in [0.15, 0.2) is 30.3 Å². The van der Waals surface area contributed by atoms with E-state index in [1.165, 1.54) is 18.4 Å². The van der Waals surface area contributed by atoms with Gasteiger partial charge < -0.3 is 10.1 Å². The Morgan fingerprint density at radius 2 is 2.00 bits per heavy atom. The Morgan fingerprint density at radius 3 is 2.60 bits per heavy atom. The second-order valence-electron chi connectivity index (χ2n) is 5.57. The topological polar surface area (TPSA) is 24.5 Å². The van der Waals surface area contributed by atoms with E-state index in [2.05, 4.69) is 47.5 Å². The van der Waals surface area contributed by atoms with Crippen LogP contribution in [0.1, 0.15) is 37.8 Å². The van der Waals surface area contributed by atoms with Gasteiger partial charge in [0.15, 0.2) is 0 Å². The van der Waals surface area contributed by atoms with Crippen molar-refractivity contribution in [3.63, 3.8) is 0 Å². The van der Waals surface area contributed by atoms with Crippen LogP contribution in [-0.4, -0.2) is 44.3 Å². The molecule has 0 bridgehead atoms. The molecule has 20 heavy (non-hydrogen) atoms. The van der Waals surface area contributed by atoms with E-state index in [-0.39, 0.29) is 0 Å². The summed E-state index contributed by atoms with van der Waals surface area (Å²) in [4.78, 5) is 2.59. The van der Waals surface area contributed by atoms with E-state index < -0.39 is 0 Å². The smallest absolute Gasteiger partial charge is 0.0589 e. The van der Waals surface area contributed by atoms with E-state index in [0.29, 0.717) is 6.04 Å². The van der Waals surface area contributed by atoms with Crippen molar-refractivity contribution in [3.05, 3.63) is 35.9 Å². The molecule has 1 aliphatic rings. The summed E-state index contributed by atoms with van der Waals surface area (Å²) in [6.45, 7) is 6.25. The summed E-state index contributed by atoms with van der Waals surface area (Å²) in [6.07, 6.45) is 3.89. The maximum atomic E-state index is 5.23.